The quantitative estimate of drug-likeness (QED) is 0.733. The summed E-state index contributed by atoms with van der Waals surface area (Å²) in [5.41, 5.74) is 4.73. The van der Waals surface area contributed by atoms with Gasteiger partial charge in [0, 0.05) is 44.5 Å². The Bertz CT molecular complexity index is 686. The summed E-state index contributed by atoms with van der Waals surface area (Å²) in [6, 6.07) is -0.540. The standard InChI is InChI=1S/C17H24F3N5O3/c1-10(21)9-28-14-3-5-25(15(14)27)12-2-4-24(8-13(12)26)16-22-6-11(7-23-16)17(18,19)20/h6-7,10,12-14,26H,2-5,8-9,21H2,1H3/t10?,12-,13+,14-/m1/s1. The van der Waals surface area contributed by atoms with Crippen LogP contribution in [0, 0.1) is 0 Å². The van der Waals surface area contributed by atoms with Crippen LogP contribution in [0.4, 0.5) is 19.1 Å². The summed E-state index contributed by atoms with van der Waals surface area (Å²) in [6.45, 7) is 3.12. The van der Waals surface area contributed by atoms with Crippen molar-refractivity contribution in [1.29, 1.82) is 0 Å². The van der Waals surface area contributed by atoms with E-state index in [1.807, 2.05) is 0 Å². The topological polar surface area (TPSA) is 105 Å². The van der Waals surface area contributed by atoms with Gasteiger partial charge in [-0.05, 0) is 13.3 Å². The Morgan fingerprint density at radius 1 is 1.32 bits per heavy atom. The molecule has 4 atom stereocenters. The minimum absolute atomic E-state index is 0.122. The third-order valence-corrected chi connectivity index (χ3v) is 4.95. The maximum absolute atomic E-state index is 12.6. The number of β-amino-alcohol motifs (C(OH)–C–C–N with tert-alkyl or cyclic N) is 1. The van der Waals surface area contributed by atoms with Crippen molar-refractivity contribution in [2.75, 3.05) is 31.1 Å². The molecular weight excluding hydrogens is 379 g/mol. The van der Waals surface area contributed by atoms with Crippen LogP contribution in [0.2, 0.25) is 0 Å². The first-order valence-corrected chi connectivity index (χ1v) is 9.16. The minimum atomic E-state index is -4.50. The Hall–Kier alpha value is -1.98. The molecule has 0 aromatic carbocycles. The number of aromatic nitrogens is 2. The summed E-state index contributed by atoms with van der Waals surface area (Å²) >= 11 is 0. The SMILES string of the molecule is CC(N)CO[C@@H]1CCN([C@@H]2CCN(c3ncc(C(F)(F)F)cn3)C[C@@H]2O)C1=O. The van der Waals surface area contributed by atoms with E-state index in [0.717, 1.165) is 12.4 Å². The first kappa shape index (κ1) is 20.7. The molecule has 3 N–H and O–H groups in total. The second kappa shape index (κ2) is 8.18. The molecule has 1 amide bonds. The molecule has 11 heteroatoms. The number of carbonyl (C=O) groups is 1. The number of piperidine rings is 1. The molecule has 1 aromatic rings. The van der Waals surface area contributed by atoms with Gasteiger partial charge >= 0.3 is 6.18 Å². The van der Waals surface area contributed by atoms with Crippen LogP contribution in [0.25, 0.3) is 0 Å². The first-order valence-electron chi connectivity index (χ1n) is 9.16. The van der Waals surface area contributed by atoms with Crippen molar-refractivity contribution in [1.82, 2.24) is 14.9 Å². The summed E-state index contributed by atoms with van der Waals surface area (Å²) in [4.78, 5) is 23.3. The van der Waals surface area contributed by atoms with E-state index in [0.29, 0.717) is 25.9 Å². The molecule has 2 aliphatic heterocycles. The predicted octanol–water partition coefficient (Wildman–Crippen LogP) is 0.400. The van der Waals surface area contributed by atoms with Gasteiger partial charge in [-0.1, -0.05) is 0 Å². The fraction of sp³-hybridized carbons (Fsp3) is 0.706. The number of ether oxygens (including phenoxy) is 1. The van der Waals surface area contributed by atoms with Crippen molar-refractivity contribution in [2.24, 2.45) is 5.73 Å². The normalized spacial score (nSPS) is 27.4. The second-order valence-electron chi connectivity index (χ2n) is 7.26. The van der Waals surface area contributed by atoms with Crippen molar-refractivity contribution in [2.45, 2.75) is 50.2 Å². The molecule has 0 aliphatic carbocycles. The van der Waals surface area contributed by atoms with Crippen LogP contribution in [-0.4, -0.2) is 76.4 Å². The van der Waals surface area contributed by atoms with Gasteiger partial charge in [-0.25, -0.2) is 9.97 Å². The Morgan fingerprint density at radius 2 is 2.00 bits per heavy atom. The van der Waals surface area contributed by atoms with Crippen molar-refractivity contribution in [3.05, 3.63) is 18.0 Å². The average Bonchev–Trinajstić information content (AvgIpc) is 3.00. The van der Waals surface area contributed by atoms with Crippen molar-refractivity contribution in [3.8, 4) is 0 Å². The zero-order valence-corrected chi connectivity index (χ0v) is 15.5. The molecule has 28 heavy (non-hydrogen) atoms. The monoisotopic (exact) mass is 403 g/mol. The molecule has 1 aromatic heterocycles. The number of aliphatic hydroxyl groups is 1. The number of likely N-dealkylation sites (tertiary alicyclic amines) is 1. The van der Waals surface area contributed by atoms with Crippen LogP contribution < -0.4 is 10.6 Å². The van der Waals surface area contributed by atoms with E-state index in [2.05, 4.69) is 9.97 Å². The lowest BCUT2D eigenvalue weighted by molar-refractivity contribution is -0.141. The van der Waals surface area contributed by atoms with E-state index in [-0.39, 0.29) is 37.1 Å². The van der Waals surface area contributed by atoms with Crippen LogP contribution >= 0.6 is 0 Å². The zero-order valence-electron chi connectivity index (χ0n) is 15.5. The number of amides is 1. The van der Waals surface area contributed by atoms with E-state index < -0.39 is 23.9 Å². The molecule has 8 nitrogen and oxygen atoms in total. The van der Waals surface area contributed by atoms with Crippen LogP contribution in [0.3, 0.4) is 0 Å². The number of anilines is 1. The number of aliphatic hydroxyl groups excluding tert-OH is 1. The molecule has 0 saturated carbocycles. The van der Waals surface area contributed by atoms with Gasteiger partial charge < -0.3 is 25.4 Å². The molecule has 0 bridgehead atoms. The number of nitrogens with two attached hydrogens (primary N) is 1. The van der Waals surface area contributed by atoms with Crippen LogP contribution in [0.1, 0.15) is 25.3 Å². The van der Waals surface area contributed by atoms with E-state index >= 15 is 0 Å². The van der Waals surface area contributed by atoms with Gasteiger partial charge in [0.05, 0.1) is 24.3 Å². The Balaban J connectivity index is 1.59. The van der Waals surface area contributed by atoms with Gasteiger partial charge in [-0.2, -0.15) is 13.2 Å². The Kier molecular flexibility index (Phi) is 6.06. The van der Waals surface area contributed by atoms with Gasteiger partial charge in [-0.15, -0.1) is 0 Å². The highest BCUT2D eigenvalue weighted by atomic mass is 19.4. The average molecular weight is 403 g/mol. The fourth-order valence-corrected chi connectivity index (χ4v) is 3.52. The maximum Gasteiger partial charge on any atom is 0.419 e. The van der Waals surface area contributed by atoms with Crippen molar-refractivity contribution in [3.63, 3.8) is 0 Å². The minimum Gasteiger partial charge on any atom is -0.389 e. The molecular formula is C17H24F3N5O3. The largest absolute Gasteiger partial charge is 0.419 e. The van der Waals surface area contributed by atoms with E-state index in [1.54, 1.807) is 16.7 Å². The van der Waals surface area contributed by atoms with Crippen molar-refractivity contribution < 1.29 is 27.8 Å². The number of nitrogens with zero attached hydrogens (tertiary/aromatic N) is 4. The van der Waals surface area contributed by atoms with E-state index in [4.69, 9.17) is 10.5 Å². The van der Waals surface area contributed by atoms with Gasteiger partial charge in [0.1, 0.15) is 6.10 Å². The molecule has 0 radical (unpaired) electrons. The van der Waals surface area contributed by atoms with Gasteiger partial charge in [0.15, 0.2) is 0 Å². The summed E-state index contributed by atoms with van der Waals surface area (Å²) in [5, 5.41) is 10.5. The highest BCUT2D eigenvalue weighted by Gasteiger charge is 2.41. The summed E-state index contributed by atoms with van der Waals surface area (Å²) in [7, 11) is 0. The Morgan fingerprint density at radius 3 is 2.57 bits per heavy atom. The predicted molar refractivity (Wildman–Crippen MR) is 93.4 cm³/mol. The molecule has 2 saturated heterocycles. The van der Waals surface area contributed by atoms with E-state index in [9.17, 15) is 23.1 Å². The smallest absolute Gasteiger partial charge is 0.389 e. The number of alkyl halides is 3. The fourth-order valence-electron chi connectivity index (χ4n) is 3.52. The highest BCUT2D eigenvalue weighted by molar-refractivity contribution is 5.83. The maximum atomic E-state index is 12.6. The number of carbonyl (C=O) groups excluding carboxylic acids is 1. The number of hydrogen-bond donors (Lipinski definition) is 2. The van der Waals surface area contributed by atoms with Crippen LogP contribution in [0.15, 0.2) is 12.4 Å². The summed E-state index contributed by atoms with van der Waals surface area (Å²) in [5.74, 6) is -0.0414. The molecule has 2 fully saturated rings. The van der Waals surface area contributed by atoms with Gasteiger partial charge in [0.2, 0.25) is 5.95 Å². The third-order valence-electron chi connectivity index (χ3n) is 4.95. The molecule has 3 heterocycles. The van der Waals surface area contributed by atoms with Gasteiger partial charge in [-0.3, -0.25) is 4.79 Å². The molecule has 1 unspecified atom stereocenters. The number of hydrogen-bond acceptors (Lipinski definition) is 7. The highest BCUT2D eigenvalue weighted by Crippen LogP contribution is 2.29. The lowest BCUT2D eigenvalue weighted by Gasteiger charge is -2.40. The zero-order chi connectivity index (χ0) is 20.5. The third kappa shape index (κ3) is 4.53. The number of rotatable bonds is 5. The lowest BCUT2D eigenvalue weighted by Crippen LogP contribution is -2.55. The van der Waals surface area contributed by atoms with Crippen LogP contribution in [-0.2, 0) is 15.7 Å². The molecule has 156 valence electrons. The van der Waals surface area contributed by atoms with Crippen LogP contribution in [0.5, 0.6) is 0 Å². The summed E-state index contributed by atoms with van der Waals surface area (Å²) in [6.07, 6.45) is -3.46. The summed E-state index contributed by atoms with van der Waals surface area (Å²) < 4.78 is 43.4. The van der Waals surface area contributed by atoms with E-state index in [1.165, 1.54) is 0 Å². The van der Waals surface area contributed by atoms with Crippen molar-refractivity contribution >= 4 is 11.9 Å². The lowest BCUT2D eigenvalue weighted by atomic mass is 10.0. The van der Waals surface area contributed by atoms with Gasteiger partial charge in [0.25, 0.3) is 5.91 Å². The molecule has 2 aliphatic rings. The first-order chi connectivity index (χ1) is 13.2. The number of halogens is 3. The molecule has 3 rings (SSSR count). The Labute approximate surface area is 160 Å². The molecule has 0 spiro atoms. The second-order valence-corrected chi connectivity index (χ2v) is 7.26.